The Kier molecular flexibility index (Phi) is 6.56. The molecule has 0 N–H and O–H groups in total. The maximum Gasteiger partial charge on any atom is 0.338 e. The quantitative estimate of drug-likeness (QED) is 0.283. The van der Waals surface area contributed by atoms with Crippen molar-refractivity contribution in [2.75, 3.05) is 14.2 Å². The molecule has 0 radical (unpaired) electrons. The topological polar surface area (TPSA) is 66.2 Å². The Morgan fingerprint density at radius 1 is 0.938 bits per heavy atom. The highest BCUT2D eigenvalue weighted by Gasteiger charge is 2.19. The van der Waals surface area contributed by atoms with Crippen LogP contribution < -0.4 is 4.74 Å². The molecule has 0 bridgehead atoms. The smallest absolute Gasteiger partial charge is 0.338 e. The van der Waals surface area contributed by atoms with E-state index in [2.05, 4.69) is 23.2 Å². The first kappa shape index (κ1) is 21.6. The summed E-state index contributed by atoms with van der Waals surface area (Å²) >= 11 is 1.52. The third-order valence-electron chi connectivity index (χ3n) is 5.13. The van der Waals surface area contributed by atoms with E-state index in [0.29, 0.717) is 11.3 Å². The number of rotatable bonds is 7. The van der Waals surface area contributed by atoms with Crippen LogP contribution in [0.15, 0.2) is 78.0 Å². The molecule has 162 valence electrons. The number of benzene rings is 3. The first-order valence-corrected chi connectivity index (χ1v) is 11.1. The van der Waals surface area contributed by atoms with Crippen molar-refractivity contribution < 1.29 is 14.3 Å². The summed E-state index contributed by atoms with van der Waals surface area (Å²) in [4.78, 5) is 12.1. The summed E-state index contributed by atoms with van der Waals surface area (Å²) in [6.45, 7) is 2.06. The van der Waals surface area contributed by atoms with Crippen LogP contribution >= 0.6 is 11.8 Å². The second-order valence-corrected chi connectivity index (χ2v) is 8.03. The predicted molar refractivity (Wildman–Crippen MR) is 125 cm³/mol. The first-order valence-electron chi connectivity index (χ1n) is 10.1. The molecule has 0 saturated heterocycles. The molecule has 0 amide bonds. The van der Waals surface area contributed by atoms with E-state index in [9.17, 15) is 4.79 Å². The number of carbonyl (C=O) groups excluding carboxylic acids is 1. The molecule has 1 heterocycles. The van der Waals surface area contributed by atoms with Crippen molar-refractivity contribution in [3.05, 3.63) is 89.5 Å². The minimum absolute atomic E-state index is 0.349. The fourth-order valence-corrected chi connectivity index (χ4v) is 4.38. The van der Waals surface area contributed by atoms with Crippen molar-refractivity contribution in [3.63, 3.8) is 0 Å². The van der Waals surface area contributed by atoms with Gasteiger partial charge in [0.1, 0.15) is 5.75 Å². The molecule has 0 atom stereocenters. The number of carbonyl (C=O) groups is 1. The third-order valence-corrected chi connectivity index (χ3v) is 6.11. The summed E-state index contributed by atoms with van der Waals surface area (Å²) in [5, 5.41) is 9.74. The van der Waals surface area contributed by atoms with Gasteiger partial charge in [-0.05, 0) is 48.4 Å². The lowest BCUT2D eigenvalue weighted by molar-refractivity contribution is 0.0600. The van der Waals surface area contributed by atoms with Gasteiger partial charge in [0.15, 0.2) is 11.0 Å². The van der Waals surface area contributed by atoms with Gasteiger partial charge in [-0.25, -0.2) is 4.79 Å². The second-order valence-electron chi connectivity index (χ2n) is 7.09. The van der Waals surface area contributed by atoms with Crippen LogP contribution in [0.2, 0.25) is 0 Å². The zero-order chi connectivity index (χ0) is 22.5. The van der Waals surface area contributed by atoms with Crippen LogP contribution in [0.4, 0.5) is 0 Å². The van der Waals surface area contributed by atoms with Crippen LogP contribution in [-0.4, -0.2) is 35.0 Å². The summed E-state index contributed by atoms with van der Waals surface area (Å²) < 4.78 is 12.3. The molecule has 0 aliphatic carbocycles. The van der Waals surface area contributed by atoms with Gasteiger partial charge in [-0.3, -0.25) is 4.57 Å². The van der Waals surface area contributed by atoms with Crippen molar-refractivity contribution in [2.45, 2.75) is 17.8 Å². The largest absolute Gasteiger partial charge is 0.497 e. The monoisotopic (exact) mass is 445 g/mol. The zero-order valence-electron chi connectivity index (χ0n) is 18.1. The second kappa shape index (κ2) is 9.70. The zero-order valence-corrected chi connectivity index (χ0v) is 18.9. The SMILES string of the molecule is COC(=O)c1ccccc1CSc1nnc(-c2ccccc2C)n1-c1ccc(OC)cc1. The van der Waals surface area contributed by atoms with Crippen LogP contribution in [0.5, 0.6) is 5.75 Å². The van der Waals surface area contributed by atoms with Gasteiger partial charge >= 0.3 is 5.97 Å². The van der Waals surface area contributed by atoms with Gasteiger partial charge in [0, 0.05) is 17.0 Å². The third kappa shape index (κ3) is 4.38. The Labute approximate surface area is 191 Å². The van der Waals surface area contributed by atoms with Gasteiger partial charge < -0.3 is 9.47 Å². The molecule has 0 aliphatic rings. The van der Waals surface area contributed by atoms with Crippen molar-refractivity contribution in [2.24, 2.45) is 0 Å². The van der Waals surface area contributed by atoms with E-state index in [1.165, 1.54) is 18.9 Å². The van der Waals surface area contributed by atoms with E-state index in [1.54, 1.807) is 13.2 Å². The van der Waals surface area contributed by atoms with Gasteiger partial charge in [0.2, 0.25) is 0 Å². The number of esters is 1. The molecule has 1 aromatic heterocycles. The van der Waals surface area contributed by atoms with E-state index in [4.69, 9.17) is 9.47 Å². The van der Waals surface area contributed by atoms with Gasteiger partial charge in [-0.1, -0.05) is 54.2 Å². The lowest BCUT2D eigenvalue weighted by Crippen LogP contribution is -2.05. The van der Waals surface area contributed by atoms with E-state index < -0.39 is 0 Å². The Bertz CT molecular complexity index is 1240. The molecule has 4 aromatic rings. The Morgan fingerprint density at radius 2 is 1.66 bits per heavy atom. The van der Waals surface area contributed by atoms with Crippen LogP contribution in [0.25, 0.3) is 17.1 Å². The van der Waals surface area contributed by atoms with E-state index in [1.807, 2.05) is 65.2 Å². The molecule has 6 nitrogen and oxygen atoms in total. The summed E-state index contributed by atoms with van der Waals surface area (Å²) in [6, 6.07) is 23.3. The van der Waals surface area contributed by atoms with Gasteiger partial charge in [-0.2, -0.15) is 0 Å². The number of methoxy groups -OCH3 is 2. The number of hydrogen-bond acceptors (Lipinski definition) is 6. The summed E-state index contributed by atoms with van der Waals surface area (Å²) in [5.41, 5.74) is 4.49. The minimum atomic E-state index is -0.349. The number of nitrogens with zero attached hydrogens (tertiary/aromatic N) is 3. The number of aryl methyl sites for hydroxylation is 1. The standard InChI is InChI=1S/C25H23N3O3S/c1-17-8-4-6-10-21(17)23-26-27-25(28(23)19-12-14-20(30-2)15-13-19)32-16-18-9-5-7-11-22(18)24(29)31-3/h4-15H,16H2,1-3H3. The van der Waals surface area contributed by atoms with Crippen LogP contribution in [0.1, 0.15) is 21.5 Å². The highest BCUT2D eigenvalue weighted by molar-refractivity contribution is 7.98. The van der Waals surface area contributed by atoms with Gasteiger partial charge in [0.05, 0.1) is 19.8 Å². The molecule has 3 aromatic carbocycles. The van der Waals surface area contributed by atoms with E-state index in [-0.39, 0.29) is 5.97 Å². The summed E-state index contributed by atoms with van der Waals surface area (Å²) in [5.74, 6) is 1.74. The molecule has 0 spiro atoms. The molecule has 4 rings (SSSR count). The molecule has 7 heteroatoms. The highest BCUT2D eigenvalue weighted by atomic mass is 32.2. The average Bonchev–Trinajstić information content (AvgIpc) is 3.26. The lowest BCUT2D eigenvalue weighted by atomic mass is 10.1. The normalized spacial score (nSPS) is 10.7. The summed E-state index contributed by atoms with van der Waals surface area (Å²) in [6.07, 6.45) is 0. The maximum atomic E-state index is 12.1. The Hall–Kier alpha value is -3.58. The maximum absolute atomic E-state index is 12.1. The van der Waals surface area contributed by atoms with Gasteiger partial charge in [-0.15, -0.1) is 10.2 Å². The van der Waals surface area contributed by atoms with Crippen LogP contribution in [0, 0.1) is 6.92 Å². The fraction of sp³-hybridized carbons (Fsp3) is 0.160. The Balaban J connectivity index is 1.75. The number of thioether (sulfide) groups is 1. The van der Waals surface area contributed by atoms with Crippen molar-refractivity contribution >= 4 is 17.7 Å². The Morgan fingerprint density at radius 3 is 2.38 bits per heavy atom. The van der Waals surface area contributed by atoms with Crippen molar-refractivity contribution in [3.8, 4) is 22.8 Å². The molecule has 0 aliphatic heterocycles. The highest BCUT2D eigenvalue weighted by Crippen LogP contribution is 2.32. The molecule has 0 fully saturated rings. The van der Waals surface area contributed by atoms with E-state index in [0.717, 1.165) is 39.1 Å². The van der Waals surface area contributed by atoms with Crippen molar-refractivity contribution in [1.29, 1.82) is 0 Å². The van der Waals surface area contributed by atoms with E-state index >= 15 is 0 Å². The minimum Gasteiger partial charge on any atom is -0.497 e. The van der Waals surface area contributed by atoms with Crippen LogP contribution in [-0.2, 0) is 10.5 Å². The van der Waals surface area contributed by atoms with Crippen molar-refractivity contribution in [1.82, 2.24) is 14.8 Å². The number of ether oxygens (including phenoxy) is 2. The lowest BCUT2D eigenvalue weighted by Gasteiger charge is -2.13. The molecule has 0 unspecified atom stereocenters. The number of aromatic nitrogens is 3. The molecular formula is C25H23N3O3S. The fourth-order valence-electron chi connectivity index (χ4n) is 3.42. The molecule has 32 heavy (non-hydrogen) atoms. The summed E-state index contributed by atoms with van der Waals surface area (Å²) in [7, 11) is 3.04. The first-order chi connectivity index (χ1) is 15.6. The average molecular weight is 446 g/mol. The molecule has 0 saturated carbocycles. The number of hydrogen-bond donors (Lipinski definition) is 0. The van der Waals surface area contributed by atoms with Crippen LogP contribution in [0.3, 0.4) is 0 Å². The van der Waals surface area contributed by atoms with Gasteiger partial charge in [0.25, 0.3) is 0 Å². The molecular weight excluding hydrogens is 422 g/mol. The predicted octanol–water partition coefficient (Wildman–Crippen LogP) is 5.33.